The van der Waals surface area contributed by atoms with Gasteiger partial charge in [-0.2, -0.15) is 0 Å². The van der Waals surface area contributed by atoms with Crippen molar-refractivity contribution < 1.29 is 4.42 Å². The normalized spacial score (nSPS) is 11.6. The molecule has 11 rings (SSSR count). The zero-order valence-corrected chi connectivity index (χ0v) is 29.9. The molecule has 0 saturated heterocycles. The van der Waals surface area contributed by atoms with Crippen LogP contribution in [0.2, 0.25) is 0 Å². The molecule has 2 aromatic heterocycles. The first-order valence-corrected chi connectivity index (χ1v) is 18.8. The Balaban J connectivity index is 1.13. The molecule has 0 amide bonds. The highest BCUT2D eigenvalue weighted by molar-refractivity contribution is 6.23. The van der Waals surface area contributed by atoms with Crippen LogP contribution in [0.1, 0.15) is 0 Å². The van der Waals surface area contributed by atoms with E-state index in [1.807, 2.05) is 12.1 Å². The van der Waals surface area contributed by atoms with E-state index in [4.69, 9.17) is 4.42 Å². The molecule has 2 heterocycles. The van der Waals surface area contributed by atoms with Gasteiger partial charge in [0.25, 0.3) is 0 Å². The highest BCUT2D eigenvalue weighted by Crippen LogP contribution is 2.45. The number of aromatic nitrogens is 1. The zero-order valence-electron chi connectivity index (χ0n) is 29.9. The first-order chi connectivity index (χ1) is 27.3. The predicted molar refractivity (Wildman–Crippen MR) is 231 cm³/mol. The minimum Gasteiger partial charge on any atom is -0.456 e. The van der Waals surface area contributed by atoms with Crippen molar-refractivity contribution in [1.29, 1.82) is 0 Å². The first-order valence-electron chi connectivity index (χ1n) is 18.8. The Morgan fingerprint density at radius 1 is 0.364 bits per heavy atom. The van der Waals surface area contributed by atoms with E-state index >= 15 is 0 Å². The van der Waals surface area contributed by atoms with Crippen LogP contribution in [0.3, 0.4) is 0 Å². The molecule has 0 aliphatic rings. The van der Waals surface area contributed by atoms with Crippen LogP contribution in [0, 0.1) is 0 Å². The molecule has 0 aliphatic carbocycles. The van der Waals surface area contributed by atoms with E-state index in [2.05, 4.69) is 204 Å². The van der Waals surface area contributed by atoms with Gasteiger partial charge in [-0.25, -0.2) is 0 Å². The summed E-state index contributed by atoms with van der Waals surface area (Å²) in [6.45, 7) is 0. The molecular weight excluding hydrogens is 669 g/mol. The second-order valence-corrected chi connectivity index (χ2v) is 14.1. The molecule has 0 fully saturated rings. The number of hydrogen-bond donors (Lipinski definition) is 0. The fourth-order valence-corrected chi connectivity index (χ4v) is 8.56. The third kappa shape index (κ3) is 5.05. The average molecular weight is 703 g/mol. The lowest BCUT2D eigenvalue weighted by molar-refractivity contribution is 0.669. The van der Waals surface area contributed by atoms with Gasteiger partial charge in [0, 0.05) is 44.2 Å². The van der Waals surface area contributed by atoms with Gasteiger partial charge < -0.3 is 13.9 Å². The Labute approximate surface area is 318 Å². The van der Waals surface area contributed by atoms with Crippen molar-refractivity contribution in [3.8, 4) is 27.9 Å². The Morgan fingerprint density at radius 2 is 1.02 bits per heavy atom. The SMILES string of the molecule is c1ccc(-c2ccccc2N(c2cccc(-c3cccc4c3ccc3c4c4ccccc4n3-c3ccccc3)c2)c2ccc3oc4ccccc4c3c2)cc1. The maximum atomic E-state index is 6.27. The summed E-state index contributed by atoms with van der Waals surface area (Å²) in [6.07, 6.45) is 0. The molecule has 0 aliphatic heterocycles. The van der Waals surface area contributed by atoms with Crippen molar-refractivity contribution in [2.45, 2.75) is 0 Å². The van der Waals surface area contributed by atoms with Gasteiger partial charge in [0.05, 0.1) is 16.7 Å². The first kappa shape index (κ1) is 31.2. The molecule has 258 valence electrons. The number of para-hydroxylation sites is 4. The van der Waals surface area contributed by atoms with Gasteiger partial charge in [-0.05, 0) is 94.2 Å². The minimum absolute atomic E-state index is 0.880. The van der Waals surface area contributed by atoms with Crippen LogP contribution in [-0.2, 0) is 0 Å². The Kier molecular flexibility index (Phi) is 7.17. The largest absolute Gasteiger partial charge is 0.456 e. The molecule has 3 nitrogen and oxygen atoms in total. The van der Waals surface area contributed by atoms with Crippen molar-refractivity contribution in [2.75, 3.05) is 4.90 Å². The summed E-state index contributed by atoms with van der Waals surface area (Å²) in [7, 11) is 0. The third-order valence-electron chi connectivity index (χ3n) is 11.0. The third-order valence-corrected chi connectivity index (χ3v) is 11.0. The van der Waals surface area contributed by atoms with Crippen LogP contribution in [0.25, 0.3) is 82.5 Å². The molecule has 9 aromatic carbocycles. The van der Waals surface area contributed by atoms with E-state index in [1.54, 1.807) is 0 Å². The summed E-state index contributed by atoms with van der Waals surface area (Å²) in [5.74, 6) is 0. The fraction of sp³-hybridized carbons (Fsp3) is 0. The number of furan rings is 1. The lowest BCUT2D eigenvalue weighted by Gasteiger charge is -2.28. The van der Waals surface area contributed by atoms with Gasteiger partial charge in [-0.15, -0.1) is 0 Å². The van der Waals surface area contributed by atoms with Gasteiger partial charge in [0.1, 0.15) is 11.2 Å². The molecule has 0 radical (unpaired) electrons. The van der Waals surface area contributed by atoms with E-state index in [0.717, 1.165) is 55.8 Å². The smallest absolute Gasteiger partial charge is 0.135 e. The fourth-order valence-electron chi connectivity index (χ4n) is 8.56. The van der Waals surface area contributed by atoms with Crippen molar-refractivity contribution in [3.63, 3.8) is 0 Å². The Morgan fingerprint density at radius 3 is 1.91 bits per heavy atom. The van der Waals surface area contributed by atoms with Crippen LogP contribution in [0.15, 0.2) is 211 Å². The highest BCUT2D eigenvalue weighted by atomic mass is 16.3. The van der Waals surface area contributed by atoms with Crippen molar-refractivity contribution in [2.24, 2.45) is 0 Å². The van der Waals surface area contributed by atoms with Gasteiger partial charge in [-0.1, -0.05) is 140 Å². The van der Waals surface area contributed by atoms with Crippen molar-refractivity contribution in [3.05, 3.63) is 206 Å². The van der Waals surface area contributed by atoms with Gasteiger partial charge in [-0.3, -0.25) is 0 Å². The second kappa shape index (κ2) is 12.6. The molecule has 0 bridgehead atoms. The van der Waals surface area contributed by atoms with Crippen LogP contribution < -0.4 is 4.90 Å². The maximum absolute atomic E-state index is 6.27. The quantitative estimate of drug-likeness (QED) is 0.172. The second-order valence-electron chi connectivity index (χ2n) is 14.1. The molecule has 0 N–H and O–H groups in total. The van der Waals surface area contributed by atoms with Crippen LogP contribution in [-0.4, -0.2) is 4.57 Å². The van der Waals surface area contributed by atoms with E-state index < -0.39 is 0 Å². The summed E-state index contributed by atoms with van der Waals surface area (Å²) < 4.78 is 8.66. The number of rotatable bonds is 6. The molecule has 3 heteroatoms. The zero-order chi connectivity index (χ0) is 36.3. The predicted octanol–water partition coefficient (Wildman–Crippen LogP) is 14.6. The monoisotopic (exact) mass is 702 g/mol. The summed E-state index contributed by atoms with van der Waals surface area (Å²) in [6, 6.07) is 74.0. The topological polar surface area (TPSA) is 21.3 Å². The van der Waals surface area contributed by atoms with Gasteiger partial charge >= 0.3 is 0 Å². The van der Waals surface area contributed by atoms with E-state index in [9.17, 15) is 0 Å². The number of hydrogen-bond acceptors (Lipinski definition) is 2. The molecule has 0 saturated carbocycles. The van der Waals surface area contributed by atoms with Crippen LogP contribution >= 0.6 is 0 Å². The summed E-state index contributed by atoms with van der Waals surface area (Å²) in [4.78, 5) is 2.39. The lowest BCUT2D eigenvalue weighted by Crippen LogP contribution is -2.11. The molecule has 0 unspecified atom stereocenters. The molecular formula is C52H34N2O. The average Bonchev–Trinajstić information content (AvgIpc) is 3.80. The van der Waals surface area contributed by atoms with E-state index in [0.29, 0.717) is 0 Å². The van der Waals surface area contributed by atoms with Crippen molar-refractivity contribution >= 4 is 71.6 Å². The van der Waals surface area contributed by atoms with Crippen LogP contribution in [0.5, 0.6) is 0 Å². The van der Waals surface area contributed by atoms with Crippen LogP contribution in [0.4, 0.5) is 17.1 Å². The maximum Gasteiger partial charge on any atom is 0.135 e. The Bertz CT molecular complexity index is 3210. The van der Waals surface area contributed by atoms with E-state index in [-0.39, 0.29) is 0 Å². The number of benzene rings is 9. The lowest BCUT2D eigenvalue weighted by atomic mass is 9.95. The highest BCUT2D eigenvalue weighted by Gasteiger charge is 2.21. The van der Waals surface area contributed by atoms with Crippen molar-refractivity contribution in [1.82, 2.24) is 4.57 Å². The number of anilines is 3. The minimum atomic E-state index is 0.880. The molecule has 55 heavy (non-hydrogen) atoms. The Hall–Kier alpha value is -7.36. The summed E-state index contributed by atoms with van der Waals surface area (Å²) >= 11 is 0. The molecule has 0 atom stereocenters. The standard InChI is InChI=1S/C52H34N2O/c1-3-15-35(16-4-1)41-21-7-10-26-47(41)53(39-29-32-51-46(34-39)43-22-9-12-28-50(43)55-51)38-20-13-17-36(33-38)40-24-14-25-44-42(40)30-31-49-52(44)45-23-8-11-27-48(45)54(49)37-18-5-2-6-19-37/h1-34H. The van der Waals surface area contributed by atoms with E-state index in [1.165, 1.54) is 43.7 Å². The summed E-state index contributed by atoms with van der Waals surface area (Å²) in [5, 5.41) is 7.21. The summed E-state index contributed by atoms with van der Waals surface area (Å²) in [5.41, 5.74) is 13.3. The van der Waals surface area contributed by atoms with Gasteiger partial charge in [0.2, 0.25) is 0 Å². The molecule has 0 spiro atoms. The number of nitrogens with zero attached hydrogens (tertiary/aromatic N) is 2. The number of fused-ring (bicyclic) bond motifs is 8. The molecule has 11 aromatic rings. The van der Waals surface area contributed by atoms with Gasteiger partial charge in [0.15, 0.2) is 0 Å².